The number of carbonyl (C=O) groups excluding carboxylic acids is 2. The molecule has 1 atom stereocenters. The Morgan fingerprint density at radius 3 is 2.61 bits per heavy atom. The van der Waals surface area contributed by atoms with Gasteiger partial charge in [0.25, 0.3) is 0 Å². The quantitative estimate of drug-likeness (QED) is 0.770. The standard InChI is InChI=1S/C15H18O3/c1-2-18-15(17)12-9-7-11(8-10-12)13-5-3-4-6-14(13)16/h7-10,13H,2-6H2,1H3. The van der Waals surface area contributed by atoms with Gasteiger partial charge in [-0.05, 0) is 37.5 Å². The first-order chi connectivity index (χ1) is 8.72. The highest BCUT2D eigenvalue weighted by molar-refractivity contribution is 5.90. The molecular formula is C15H18O3. The van der Waals surface area contributed by atoms with Gasteiger partial charge in [0.05, 0.1) is 12.2 Å². The molecule has 0 bridgehead atoms. The first kappa shape index (κ1) is 12.8. The van der Waals surface area contributed by atoms with Crippen LogP contribution in [0.5, 0.6) is 0 Å². The number of ether oxygens (including phenoxy) is 1. The maximum atomic E-state index is 11.8. The van der Waals surface area contributed by atoms with Crippen LogP contribution in [0.3, 0.4) is 0 Å². The lowest BCUT2D eigenvalue weighted by molar-refractivity contribution is -0.121. The van der Waals surface area contributed by atoms with Crippen molar-refractivity contribution in [3.63, 3.8) is 0 Å². The van der Waals surface area contributed by atoms with Gasteiger partial charge in [0, 0.05) is 12.3 Å². The van der Waals surface area contributed by atoms with Crippen LogP contribution >= 0.6 is 0 Å². The number of esters is 1. The van der Waals surface area contributed by atoms with E-state index in [1.807, 2.05) is 12.1 Å². The van der Waals surface area contributed by atoms with Crippen molar-refractivity contribution in [1.29, 1.82) is 0 Å². The maximum Gasteiger partial charge on any atom is 0.338 e. The highest BCUT2D eigenvalue weighted by atomic mass is 16.5. The van der Waals surface area contributed by atoms with Crippen molar-refractivity contribution in [2.24, 2.45) is 0 Å². The van der Waals surface area contributed by atoms with E-state index < -0.39 is 0 Å². The highest BCUT2D eigenvalue weighted by Gasteiger charge is 2.23. The zero-order chi connectivity index (χ0) is 13.0. The second-order valence-corrected chi connectivity index (χ2v) is 4.61. The lowest BCUT2D eigenvalue weighted by Crippen LogP contribution is -2.17. The molecule has 1 fully saturated rings. The second-order valence-electron chi connectivity index (χ2n) is 4.61. The average Bonchev–Trinajstić information content (AvgIpc) is 2.40. The topological polar surface area (TPSA) is 43.4 Å². The van der Waals surface area contributed by atoms with Crippen LogP contribution in [0.25, 0.3) is 0 Å². The van der Waals surface area contributed by atoms with Crippen LogP contribution in [0.4, 0.5) is 0 Å². The van der Waals surface area contributed by atoms with Crippen molar-refractivity contribution in [3.05, 3.63) is 35.4 Å². The van der Waals surface area contributed by atoms with Crippen LogP contribution in [-0.2, 0) is 9.53 Å². The fraction of sp³-hybridized carbons (Fsp3) is 0.467. The van der Waals surface area contributed by atoms with E-state index in [2.05, 4.69) is 0 Å². The summed E-state index contributed by atoms with van der Waals surface area (Å²) in [5.41, 5.74) is 1.57. The minimum absolute atomic E-state index is 0.0231. The Bertz CT molecular complexity index is 434. The van der Waals surface area contributed by atoms with Gasteiger partial charge < -0.3 is 4.74 Å². The third kappa shape index (κ3) is 2.78. The van der Waals surface area contributed by atoms with E-state index in [1.54, 1.807) is 19.1 Å². The van der Waals surface area contributed by atoms with E-state index >= 15 is 0 Å². The summed E-state index contributed by atoms with van der Waals surface area (Å²) in [6.07, 6.45) is 3.73. The first-order valence-electron chi connectivity index (χ1n) is 6.52. The molecule has 1 aromatic carbocycles. The summed E-state index contributed by atoms with van der Waals surface area (Å²) in [7, 11) is 0. The highest BCUT2D eigenvalue weighted by Crippen LogP contribution is 2.29. The molecule has 1 aliphatic rings. The molecule has 0 radical (unpaired) electrons. The molecule has 0 heterocycles. The summed E-state index contributed by atoms with van der Waals surface area (Å²) >= 11 is 0. The molecule has 1 unspecified atom stereocenters. The second kappa shape index (κ2) is 5.80. The molecule has 1 aliphatic carbocycles. The van der Waals surface area contributed by atoms with Crippen molar-refractivity contribution in [3.8, 4) is 0 Å². The number of carbonyl (C=O) groups is 2. The molecule has 96 valence electrons. The van der Waals surface area contributed by atoms with Crippen molar-refractivity contribution < 1.29 is 14.3 Å². The molecular weight excluding hydrogens is 228 g/mol. The van der Waals surface area contributed by atoms with Crippen molar-refractivity contribution >= 4 is 11.8 Å². The molecule has 0 aliphatic heterocycles. The van der Waals surface area contributed by atoms with E-state index in [0.29, 0.717) is 24.4 Å². The zero-order valence-corrected chi connectivity index (χ0v) is 10.6. The van der Waals surface area contributed by atoms with Gasteiger partial charge in [0.2, 0.25) is 0 Å². The molecule has 0 aromatic heterocycles. The van der Waals surface area contributed by atoms with Crippen LogP contribution in [0.2, 0.25) is 0 Å². The third-order valence-corrected chi connectivity index (χ3v) is 3.38. The Kier molecular flexibility index (Phi) is 4.13. The average molecular weight is 246 g/mol. The molecule has 3 heteroatoms. The van der Waals surface area contributed by atoms with Gasteiger partial charge in [-0.15, -0.1) is 0 Å². The van der Waals surface area contributed by atoms with E-state index in [9.17, 15) is 9.59 Å². The fourth-order valence-corrected chi connectivity index (χ4v) is 2.40. The SMILES string of the molecule is CCOC(=O)c1ccc(C2CCCCC2=O)cc1. The third-order valence-electron chi connectivity index (χ3n) is 3.38. The number of benzene rings is 1. The summed E-state index contributed by atoms with van der Waals surface area (Å²) in [4.78, 5) is 23.3. The van der Waals surface area contributed by atoms with Crippen molar-refractivity contribution in [1.82, 2.24) is 0 Å². The molecule has 0 spiro atoms. The normalized spacial score (nSPS) is 19.6. The van der Waals surface area contributed by atoms with Crippen LogP contribution in [0, 0.1) is 0 Å². The molecule has 3 nitrogen and oxygen atoms in total. The van der Waals surface area contributed by atoms with E-state index in [1.165, 1.54) is 0 Å². The number of Topliss-reactive ketones (excluding diaryl/α,β-unsaturated/α-hetero) is 1. The Morgan fingerprint density at radius 1 is 1.28 bits per heavy atom. The summed E-state index contributed by atoms with van der Waals surface area (Å²) in [6, 6.07) is 7.24. The summed E-state index contributed by atoms with van der Waals surface area (Å²) in [6.45, 7) is 2.16. The molecule has 0 saturated heterocycles. The van der Waals surface area contributed by atoms with Gasteiger partial charge >= 0.3 is 5.97 Å². The lowest BCUT2D eigenvalue weighted by atomic mass is 9.83. The molecule has 2 rings (SSSR count). The predicted molar refractivity (Wildman–Crippen MR) is 68.6 cm³/mol. The van der Waals surface area contributed by atoms with Gasteiger partial charge in [-0.2, -0.15) is 0 Å². The van der Waals surface area contributed by atoms with Crippen LogP contribution in [0.15, 0.2) is 24.3 Å². The summed E-state index contributed by atoms with van der Waals surface area (Å²) in [5.74, 6) is 0.0409. The first-order valence-corrected chi connectivity index (χ1v) is 6.52. The number of hydrogen-bond acceptors (Lipinski definition) is 3. The Hall–Kier alpha value is -1.64. The minimum atomic E-state index is -0.306. The van der Waals surface area contributed by atoms with Crippen LogP contribution in [-0.4, -0.2) is 18.4 Å². The van der Waals surface area contributed by atoms with Crippen LogP contribution < -0.4 is 0 Å². The van der Waals surface area contributed by atoms with Crippen LogP contribution in [0.1, 0.15) is 54.4 Å². The van der Waals surface area contributed by atoms with Gasteiger partial charge in [-0.1, -0.05) is 18.6 Å². The summed E-state index contributed by atoms with van der Waals surface area (Å²) < 4.78 is 4.93. The Labute approximate surface area is 107 Å². The van der Waals surface area contributed by atoms with E-state index in [-0.39, 0.29) is 11.9 Å². The smallest absolute Gasteiger partial charge is 0.338 e. The molecule has 1 saturated carbocycles. The maximum absolute atomic E-state index is 11.8. The Balaban J connectivity index is 2.11. The molecule has 0 N–H and O–H groups in total. The predicted octanol–water partition coefficient (Wildman–Crippen LogP) is 3.09. The van der Waals surface area contributed by atoms with E-state index in [4.69, 9.17) is 4.74 Å². The molecule has 1 aromatic rings. The lowest BCUT2D eigenvalue weighted by Gasteiger charge is -2.20. The minimum Gasteiger partial charge on any atom is -0.462 e. The zero-order valence-electron chi connectivity index (χ0n) is 10.6. The van der Waals surface area contributed by atoms with Gasteiger partial charge in [-0.25, -0.2) is 4.79 Å². The summed E-state index contributed by atoms with van der Waals surface area (Å²) in [5, 5.41) is 0. The number of rotatable bonds is 3. The number of ketones is 1. The van der Waals surface area contributed by atoms with Gasteiger partial charge in [0.1, 0.15) is 5.78 Å². The Morgan fingerprint density at radius 2 is 2.00 bits per heavy atom. The monoisotopic (exact) mass is 246 g/mol. The molecule has 18 heavy (non-hydrogen) atoms. The van der Waals surface area contributed by atoms with Gasteiger partial charge in [-0.3, -0.25) is 4.79 Å². The number of hydrogen-bond donors (Lipinski definition) is 0. The fourth-order valence-electron chi connectivity index (χ4n) is 2.40. The van der Waals surface area contributed by atoms with Gasteiger partial charge in [0.15, 0.2) is 0 Å². The largest absolute Gasteiger partial charge is 0.462 e. The van der Waals surface area contributed by atoms with Crippen molar-refractivity contribution in [2.75, 3.05) is 6.61 Å². The molecule has 0 amide bonds. The van der Waals surface area contributed by atoms with Crippen molar-refractivity contribution in [2.45, 2.75) is 38.5 Å². The van der Waals surface area contributed by atoms with E-state index in [0.717, 1.165) is 24.8 Å².